The van der Waals surface area contributed by atoms with Gasteiger partial charge < -0.3 is 4.90 Å². The van der Waals surface area contributed by atoms with Crippen LogP contribution in [-0.4, -0.2) is 16.8 Å². The summed E-state index contributed by atoms with van der Waals surface area (Å²) in [5.41, 5.74) is 2.00. The van der Waals surface area contributed by atoms with E-state index in [0.717, 1.165) is 12.0 Å². The van der Waals surface area contributed by atoms with Crippen LogP contribution in [0.15, 0.2) is 60.7 Å². The Labute approximate surface area is 158 Å². The van der Waals surface area contributed by atoms with E-state index in [9.17, 15) is 4.79 Å². The molecule has 1 saturated carbocycles. The minimum atomic E-state index is 0.166. The quantitative estimate of drug-likeness (QED) is 0.669. The number of benzene rings is 2. The van der Waals surface area contributed by atoms with E-state index in [0.29, 0.717) is 30.3 Å². The van der Waals surface area contributed by atoms with Crippen LogP contribution < -0.4 is 0 Å². The second-order valence-electron chi connectivity index (χ2n) is 8.18. The number of rotatable bonds is 5. The highest BCUT2D eigenvalue weighted by atomic mass is 16.2. The maximum atomic E-state index is 13.4. The molecule has 1 aliphatic rings. The van der Waals surface area contributed by atoms with Crippen molar-refractivity contribution in [2.24, 2.45) is 17.8 Å². The van der Waals surface area contributed by atoms with Crippen LogP contribution in [0.3, 0.4) is 0 Å². The molecule has 3 atom stereocenters. The number of amides is 1. The average molecular weight is 350 g/mol. The molecule has 0 unspecified atom stereocenters. The zero-order valence-electron chi connectivity index (χ0n) is 16.3. The van der Waals surface area contributed by atoms with Crippen molar-refractivity contribution >= 4 is 5.91 Å². The third-order valence-electron chi connectivity index (χ3n) is 5.86. The van der Waals surface area contributed by atoms with Gasteiger partial charge >= 0.3 is 0 Å². The zero-order chi connectivity index (χ0) is 18.5. The lowest BCUT2D eigenvalue weighted by molar-refractivity contribution is 0.0366. The van der Waals surface area contributed by atoms with E-state index >= 15 is 0 Å². The molecule has 2 aromatic rings. The van der Waals surface area contributed by atoms with Gasteiger partial charge in [0.05, 0.1) is 0 Å². The van der Waals surface area contributed by atoms with Crippen molar-refractivity contribution in [3.05, 3.63) is 71.8 Å². The van der Waals surface area contributed by atoms with E-state index in [4.69, 9.17) is 0 Å². The molecule has 0 saturated heterocycles. The van der Waals surface area contributed by atoms with Crippen LogP contribution in [0.1, 0.15) is 56.0 Å². The molecule has 3 rings (SSSR count). The number of carbonyl (C=O) groups excluding carboxylic acids is 1. The fourth-order valence-corrected chi connectivity index (χ4v) is 4.38. The molecule has 0 N–H and O–H groups in total. The molecule has 26 heavy (non-hydrogen) atoms. The lowest BCUT2D eigenvalue weighted by atomic mass is 9.73. The first kappa shape index (κ1) is 18.7. The van der Waals surface area contributed by atoms with Crippen LogP contribution in [0.25, 0.3) is 0 Å². The van der Waals surface area contributed by atoms with E-state index in [2.05, 4.69) is 49.9 Å². The van der Waals surface area contributed by atoms with Crippen LogP contribution in [-0.2, 0) is 6.54 Å². The standard InChI is InChI=1S/C24H31NO/c1-18(2)22-15-14-19(3)16-23(22)25(17-20-10-6-4-7-11-20)24(26)21-12-8-5-9-13-21/h4-13,18-19,22-23H,14-17H2,1-3H3/t19-,22-,23+/m0/s1. The topological polar surface area (TPSA) is 20.3 Å². The predicted molar refractivity (Wildman–Crippen MR) is 108 cm³/mol. The Kier molecular flexibility index (Phi) is 6.13. The van der Waals surface area contributed by atoms with Crippen molar-refractivity contribution in [3.63, 3.8) is 0 Å². The van der Waals surface area contributed by atoms with Crippen molar-refractivity contribution < 1.29 is 4.79 Å². The second-order valence-corrected chi connectivity index (χ2v) is 8.18. The molecule has 0 radical (unpaired) electrons. The van der Waals surface area contributed by atoms with Gasteiger partial charge in [-0.2, -0.15) is 0 Å². The summed E-state index contributed by atoms with van der Waals surface area (Å²) in [6.07, 6.45) is 3.60. The van der Waals surface area contributed by atoms with E-state index in [1.165, 1.54) is 18.4 Å². The van der Waals surface area contributed by atoms with Crippen molar-refractivity contribution in [2.45, 2.75) is 52.6 Å². The minimum absolute atomic E-state index is 0.166. The zero-order valence-corrected chi connectivity index (χ0v) is 16.3. The van der Waals surface area contributed by atoms with E-state index < -0.39 is 0 Å². The number of hydrogen-bond acceptors (Lipinski definition) is 1. The third-order valence-corrected chi connectivity index (χ3v) is 5.86. The fraction of sp³-hybridized carbons (Fsp3) is 0.458. The minimum Gasteiger partial charge on any atom is -0.331 e. The highest BCUT2D eigenvalue weighted by Gasteiger charge is 2.37. The second kappa shape index (κ2) is 8.53. The summed E-state index contributed by atoms with van der Waals surface area (Å²) >= 11 is 0. The van der Waals surface area contributed by atoms with E-state index in [1.54, 1.807) is 0 Å². The van der Waals surface area contributed by atoms with Gasteiger partial charge in [-0.05, 0) is 48.3 Å². The first-order valence-corrected chi connectivity index (χ1v) is 9.96. The highest BCUT2D eigenvalue weighted by molar-refractivity contribution is 5.94. The molecule has 1 aliphatic carbocycles. The summed E-state index contributed by atoms with van der Waals surface area (Å²) in [4.78, 5) is 15.6. The van der Waals surface area contributed by atoms with Crippen LogP contribution in [0.4, 0.5) is 0 Å². The molecule has 2 heteroatoms. The van der Waals surface area contributed by atoms with Gasteiger partial charge in [0.25, 0.3) is 5.91 Å². The Bertz CT molecular complexity index is 695. The molecule has 0 aromatic heterocycles. The molecule has 2 aromatic carbocycles. The van der Waals surface area contributed by atoms with E-state index in [1.807, 2.05) is 36.4 Å². The molecule has 0 spiro atoms. The Balaban J connectivity index is 1.94. The van der Waals surface area contributed by atoms with Gasteiger partial charge in [-0.15, -0.1) is 0 Å². The highest BCUT2D eigenvalue weighted by Crippen LogP contribution is 2.37. The Morgan fingerprint density at radius 1 is 1.00 bits per heavy atom. The van der Waals surface area contributed by atoms with Gasteiger partial charge in [0, 0.05) is 18.2 Å². The van der Waals surface area contributed by atoms with Gasteiger partial charge in [-0.25, -0.2) is 0 Å². The molecule has 0 aliphatic heterocycles. The largest absolute Gasteiger partial charge is 0.331 e. The molecule has 1 amide bonds. The Morgan fingerprint density at radius 3 is 2.23 bits per heavy atom. The smallest absolute Gasteiger partial charge is 0.254 e. The number of hydrogen-bond donors (Lipinski definition) is 0. The van der Waals surface area contributed by atoms with Crippen LogP contribution in [0.5, 0.6) is 0 Å². The fourth-order valence-electron chi connectivity index (χ4n) is 4.38. The molecule has 0 heterocycles. The summed E-state index contributed by atoms with van der Waals surface area (Å²) in [5.74, 6) is 2.01. The Morgan fingerprint density at radius 2 is 1.62 bits per heavy atom. The molecular formula is C24H31NO. The molecule has 138 valence electrons. The summed E-state index contributed by atoms with van der Waals surface area (Å²) in [7, 11) is 0. The lowest BCUT2D eigenvalue weighted by Gasteiger charge is -2.44. The van der Waals surface area contributed by atoms with E-state index in [-0.39, 0.29) is 5.91 Å². The molecule has 0 bridgehead atoms. The van der Waals surface area contributed by atoms with Crippen molar-refractivity contribution in [3.8, 4) is 0 Å². The van der Waals surface area contributed by atoms with Crippen molar-refractivity contribution in [1.29, 1.82) is 0 Å². The monoisotopic (exact) mass is 349 g/mol. The summed E-state index contributed by atoms with van der Waals surface area (Å²) in [6, 6.07) is 20.5. The maximum absolute atomic E-state index is 13.4. The average Bonchev–Trinajstić information content (AvgIpc) is 2.67. The van der Waals surface area contributed by atoms with Gasteiger partial charge in [0.2, 0.25) is 0 Å². The Hall–Kier alpha value is -2.09. The lowest BCUT2D eigenvalue weighted by Crippen LogP contribution is -2.48. The molecule has 2 nitrogen and oxygen atoms in total. The van der Waals surface area contributed by atoms with Crippen molar-refractivity contribution in [2.75, 3.05) is 0 Å². The van der Waals surface area contributed by atoms with Gasteiger partial charge in [-0.3, -0.25) is 4.79 Å². The van der Waals surface area contributed by atoms with Crippen LogP contribution >= 0.6 is 0 Å². The van der Waals surface area contributed by atoms with Crippen LogP contribution in [0, 0.1) is 17.8 Å². The van der Waals surface area contributed by atoms with Crippen molar-refractivity contribution in [1.82, 2.24) is 4.90 Å². The first-order valence-electron chi connectivity index (χ1n) is 9.96. The summed E-state index contributed by atoms with van der Waals surface area (Å²) in [5, 5.41) is 0. The maximum Gasteiger partial charge on any atom is 0.254 e. The summed E-state index contributed by atoms with van der Waals surface area (Å²) < 4.78 is 0. The van der Waals surface area contributed by atoms with Crippen LogP contribution in [0.2, 0.25) is 0 Å². The molecule has 1 fully saturated rings. The number of carbonyl (C=O) groups is 1. The molecular weight excluding hydrogens is 318 g/mol. The number of nitrogens with zero attached hydrogens (tertiary/aromatic N) is 1. The first-order chi connectivity index (χ1) is 12.6. The third kappa shape index (κ3) is 4.35. The van der Waals surface area contributed by atoms with Gasteiger partial charge in [-0.1, -0.05) is 75.7 Å². The van der Waals surface area contributed by atoms with Gasteiger partial charge in [0.1, 0.15) is 0 Å². The SMILES string of the molecule is CC(C)[C@@H]1CC[C@H](C)C[C@H]1N(Cc1ccccc1)C(=O)c1ccccc1. The normalized spacial score (nSPS) is 23.0. The van der Waals surface area contributed by atoms with Gasteiger partial charge in [0.15, 0.2) is 0 Å². The summed E-state index contributed by atoms with van der Waals surface area (Å²) in [6.45, 7) is 7.63. The predicted octanol–water partition coefficient (Wildman–Crippen LogP) is 5.79.